The Kier molecular flexibility index (Phi) is 11.9. The molecular weight excluding hydrogens is 256 g/mol. The van der Waals surface area contributed by atoms with Gasteiger partial charge in [0.15, 0.2) is 0 Å². The van der Waals surface area contributed by atoms with Crippen molar-refractivity contribution in [3.63, 3.8) is 0 Å². The van der Waals surface area contributed by atoms with Gasteiger partial charge in [0.2, 0.25) is 0 Å². The summed E-state index contributed by atoms with van der Waals surface area (Å²) < 4.78 is 0. The third-order valence-corrected chi connectivity index (χ3v) is 0.843. The molecule has 71 valence electrons. The van der Waals surface area contributed by atoms with Gasteiger partial charge in [-0.2, -0.15) is 24.6 Å². The summed E-state index contributed by atoms with van der Waals surface area (Å²) in [6.07, 6.45) is 0. The van der Waals surface area contributed by atoms with Crippen LogP contribution < -0.4 is 0 Å². The Morgan fingerprint density at radius 3 is 1.50 bits per heavy atom. The van der Waals surface area contributed by atoms with Crippen molar-refractivity contribution in [2.24, 2.45) is 0 Å². The molecule has 5 heteroatoms. The van der Waals surface area contributed by atoms with Gasteiger partial charge >= 0.3 is 41.5 Å². The van der Waals surface area contributed by atoms with Gasteiger partial charge in [-0.1, -0.05) is 6.07 Å². The van der Waals surface area contributed by atoms with Crippen molar-refractivity contribution in [1.29, 1.82) is 0 Å². The molecule has 0 atom stereocenters. The van der Waals surface area contributed by atoms with Gasteiger partial charge in [-0.15, -0.1) is 12.1 Å². The normalized spacial score (nSPS) is 8.00. The van der Waals surface area contributed by atoms with Crippen molar-refractivity contribution < 1.29 is 11.4 Å². The maximum Gasteiger partial charge on any atom is -0.693 e. The topological polar surface area (TPSA) is 33.5 Å². The molecule has 0 bridgehead atoms. The maximum absolute atomic E-state index is 4.93. The molecule has 0 amide bonds. The number of benzene rings is 1. The summed E-state index contributed by atoms with van der Waals surface area (Å²) in [5, 5.41) is 0. The van der Waals surface area contributed by atoms with E-state index in [1.165, 1.54) is 0 Å². The van der Waals surface area contributed by atoms with Gasteiger partial charge < -0.3 is 6.15 Å². The first-order valence-electron chi connectivity index (χ1n) is 2.73. The number of rotatable bonds is 0. The first-order chi connectivity index (χ1) is 5.13. The van der Waals surface area contributed by atoms with E-state index in [9.17, 15) is 0 Å². The summed E-state index contributed by atoms with van der Waals surface area (Å²) in [7, 11) is 14.8. The van der Waals surface area contributed by atoms with Crippen molar-refractivity contribution in [2.75, 3.05) is 0 Å². The van der Waals surface area contributed by atoms with Crippen LogP contribution in [-0.2, 0) is 11.4 Å². The average Bonchev–Trinajstić information content (AvgIpc) is 1.87. The second-order valence-electron chi connectivity index (χ2n) is 1.66. The SMILES string of the molecule is [CH2-]c1ccccc1.[Cl][Cr]([Cl])[Cl].[NH2-]. The largest absolute Gasteiger partial charge is 0.693 e. The Morgan fingerprint density at radius 1 is 1.00 bits per heavy atom. The third-order valence-electron chi connectivity index (χ3n) is 0.843. The van der Waals surface area contributed by atoms with Crippen LogP contribution in [0.4, 0.5) is 0 Å². The van der Waals surface area contributed by atoms with Gasteiger partial charge in [0.25, 0.3) is 0 Å². The van der Waals surface area contributed by atoms with Gasteiger partial charge in [0, 0.05) is 0 Å². The first kappa shape index (κ1) is 14.9. The van der Waals surface area contributed by atoms with Gasteiger partial charge in [-0.25, -0.2) is 0 Å². The van der Waals surface area contributed by atoms with Gasteiger partial charge in [-0.3, -0.25) is 0 Å². The first-order valence-corrected chi connectivity index (χ1v) is 7.99. The number of nitrogens with two attached hydrogens (primary N) is 1. The summed E-state index contributed by atoms with van der Waals surface area (Å²) in [5.41, 5.74) is 1.07. The zero-order chi connectivity index (χ0) is 8.69. The van der Waals surface area contributed by atoms with E-state index in [0.29, 0.717) is 0 Å². The summed E-state index contributed by atoms with van der Waals surface area (Å²) in [6, 6.07) is 9.87. The Balaban J connectivity index is 0. The molecular formula is C7H9Cl3CrN-2. The number of hydrogen-bond acceptors (Lipinski definition) is 0. The summed E-state index contributed by atoms with van der Waals surface area (Å²) >= 11 is -1.62. The second kappa shape index (κ2) is 9.54. The summed E-state index contributed by atoms with van der Waals surface area (Å²) in [4.78, 5) is 0. The van der Waals surface area contributed by atoms with Crippen LogP contribution in [0, 0.1) is 6.92 Å². The van der Waals surface area contributed by atoms with E-state index in [1.54, 1.807) is 0 Å². The molecule has 1 rings (SSSR count). The summed E-state index contributed by atoms with van der Waals surface area (Å²) in [6.45, 7) is 3.72. The van der Waals surface area contributed by atoms with Crippen LogP contribution in [0.3, 0.4) is 0 Å². The van der Waals surface area contributed by atoms with Gasteiger partial charge in [-0.05, 0) is 0 Å². The van der Waals surface area contributed by atoms with Crippen LogP contribution >= 0.6 is 30.1 Å². The third kappa shape index (κ3) is 13.1. The minimum Gasteiger partial charge on any atom is -0.693 e. The average molecular weight is 266 g/mol. The van der Waals surface area contributed by atoms with Crippen molar-refractivity contribution in [2.45, 2.75) is 0 Å². The van der Waals surface area contributed by atoms with Crippen molar-refractivity contribution in [1.82, 2.24) is 0 Å². The number of hydrogen-bond donors (Lipinski definition) is 0. The fourth-order valence-electron chi connectivity index (χ4n) is 0.478. The van der Waals surface area contributed by atoms with E-state index in [2.05, 4.69) is 6.92 Å². The van der Waals surface area contributed by atoms with Crippen LogP contribution in [-0.4, -0.2) is 0 Å². The predicted molar refractivity (Wildman–Crippen MR) is 53.7 cm³/mol. The minimum absolute atomic E-state index is 0. The fraction of sp³-hybridized carbons (Fsp3) is 0. The molecule has 0 heterocycles. The molecule has 0 radical (unpaired) electrons. The summed E-state index contributed by atoms with van der Waals surface area (Å²) in [5.74, 6) is 0. The van der Waals surface area contributed by atoms with Crippen molar-refractivity contribution in [3.05, 3.63) is 49.0 Å². The molecule has 0 unspecified atom stereocenters. The molecule has 12 heavy (non-hydrogen) atoms. The molecule has 0 aliphatic heterocycles. The molecule has 0 saturated heterocycles. The molecule has 0 fully saturated rings. The van der Waals surface area contributed by atoms with Crippen LogP contribution in [0.1, 0.15) is 5.56 Å². The zero-order valence-corrected chi connectivity index (χ0v) is 9.76. The monoisotopic (exact) mass is 264 g/mol. The molecule has 0 saturated carbocycles. The molecule has 0 aliphatic rings. The van der Waals surface area contributed by atoms with Crippen molar-refractivity contribution in [3.8, 4) is 0 Å². The Labute approximate surface area is 90.2 Å². The number of halogens is 3. The van der Waals surface area contributed by atoms with Crippen LogP contribution in [0.2, 0.25) is 0 Å². The molecule has 1 aromatic rings. The van der Waals surface area contributed by atoms with Crippen LogP contribution in [0.5, 0.6) is 0 Å². The van der Waals surface area contributed by atoms with Crippen LogP contribution in [0.25, 0.3) is 6.15 Å². The Morgan fingerprint density at radius 2 is 1.33 bits per heavy atom. The minimum atomic E-state index is -1.62. The molecule has 0 spiro atoms. The second-order valence-corrected chi connectivity index (χ2v) is 7.98. The van der Waals surface area contributed by atoms with E-state index in [0.717, 1.165) is 5.56 Å². The smallest absolute Gasteiger partial charge is 0.693 e. The van der Waals surface area contributed by atoms with E-state index < -0.39 is 11.4 Å². The predicted octanol–water partition coefficient (Wildman–Crippen LogP) is 4.65. The van der Waals surface area contributed by atoms with Crippen molar-refractivity contribution >= 4 is 30.1 Å². The molecule has 1 nitrogen and oxygen atoms in total. The van der Waals surface area contributed by atoms with E-state index in [-0.39, 0.29) is 6.15 Å². The van der Waals surface area contributed by atoms with E-state index in [1.807, 2.05) is 30.3 Å². The van der Waals surface area contributed by atoms with Gasteiger partial charge in [0.1, 0.15) is 0 Å². The van der Waals surface area contributed by atoms with Crippen LogP contribution in [0.15, 0.2) is 30.3 Å². The Hall–Kier alpha value is 0.452. The van der Waals surface area contributed by atoms with Gasteiger partial charge in [0.05, 0.1) is 0 Å². The van der Waals surface area contributed by atoms with E-state index >= 15 is 0 Å². The van der Waals surface area contributed by atoms with E-state index in [4.69, 9.17) is 30.1 Å². The molecule has 2 N–H and O–H groups in total. The molecule has 0 aliphatic carbocycles. The fourth-order valence-corrected chi connectivity index (χ4v) is 0.478. The quantitative estimate of drug-likeness (QED) is 0.612. The maximum atomic E-state index is 4.93. The zero-order valence-electron chi connectivity index (χ0n) is 6.21. The standard InChI is InChI=1S/C7H7.3ClH.Cr.H2N/c1-7-5-3-2-4-6-7;;;;;/h2-6H,1H2;3*1H;;1H2/q-1;;;;+3;-1/p-3. The molecule has 1 aromatic carbocycles. The molecule has 0 aromatic heterocycles. The Bertz CT molecular complexity index is 179.